The molecule has 116 valence electrons. The third-order valence-corrected chi connectivity index (χ3v) is 5.62. The van der Waals surface area contributed by atoms with E-state index in [-0.39, 0.29) is 16.3 Å². The molecule has 1 saturated carbocycles. The Morgan fingerprint density at radius 1 is 1.52 bits per heavy atom. The van der Waals surface area contributed by atoms with Crippen LogP contribution in [0.3, 0.4) is 0 Å². The highest BCUT2D eigenvalue weighted by Crippen LogP contribution is 2.39. The number of hydrogen-bond acceptors (Lipinski definition) is 6. The Kier molecular flexibility index (Phi) is 4.17. The molecule has 2 atom stereocenters. The number of nitro benzene ring substituents is 1. The Bertz CT molecular complexity index is 661. The fourth-order valence-corrected chi connectivity index (χ4v) is 3.47. The predicted octanol–water partition coefficient (Wildman–Crippen LogP) is 1.16. The van der Waals surface area contributed by atoms with E-state index in [1.165, 1.54) is 23.5 Å². The number of nitro groups is 1. The van der Waals surface area contributed by atoms with Crippen LogP contribution in [0.2, 0.25) is 0 Å². The van der Waals surface area contributed by atoms with Gasteiger partial charge < -0.3 is 5.43 Å². The van der Waals surface area contributed by atoms with Gasteiger partial charge in [-0.2, -0.15) is 0 Å². The molecule has 0 aliphatic heterocycles. The summed E-state index contributed by atoms with van der Waals surface area (Å²) in [5.74, 6) is 6.15. The summed E-state index contributed by atoms with van der Waals surface area (Å²) in [5.41, 5.74) is 1.86. The Morgan fingerprint density at radius 3 is 2.62 bits per heavy atom. The molecule has 2 rings (SSSR count). The van der Waals surface area contributed by atoms with Crippen LogP contribution in [0.4, 0.5) is 11.4 Å². The molecule has 0 aromatic heterocycles. The van der Waals surface area contributed by atoms with Crippen molar-refractivity contribution < 1.29 is 13.3 Å². The van der Waals surface area contributed by atoms with Crippen LogP contribution < -0.4 is 11.3 Å². The summed E-state index contributed by atoms with van der Waals surface area (Å²) in [5, 5.41) is 10.8. The molecule has 21 heavy (non-hydrogen) atoms. The summed E-state index contributed by atoms with van der Waals surface area (Å²) in [4.78, 5) is 10.2. The number of hydrazine groups is 1. The first-order valence-corrected chi connectivity index (χ1v) is 7.92. The molecule has 2 unspecified atom stereocenters. The number of nitrogens with two attached hydrogens (primary N) is 1. The number of benzene rings is 1. The molecule has 1 aromatic carbocycles. The number of hydrogen-bond donors (Lipinski definition) is 2. The zero-order valence-corrected chi connectivity index (χ0v) is 12.6. The maximum absolute atomic E-state index is 12.4. The average molecular weight is 314 g/mol. The van der Waals surface area contributed by atoms with Crippen molar-refractivity contribution in [2.75, 3.05) is 19.0 Å². The molecule has 3 N–H and O–H groups in total. The smallest absolute Gasteiger partial charge is 0.293 e. The lowest BCUT2D eigenvalue weighted by atomic mass is 10.3. The van der Waals surface area contributed by atoms with Crippen molar-refractivity contribution in [1.29, 1.82) is 0 Å². The lowest BCUT2D eigenvalue weighted by Gasteiger charge is -2.17. The molecule has 0 radical (unpaired) electrons. The second kappa shape index (κ2) is 5.58. The van der Waals surface area contributed by atoms with Gasteiger partial charge in [-0.05, 0) is 30.4 Å². The van der Waals surface area contributed by atoms with Crippen LogP contribution >= 0.6 is 0 Å². The summed E-state index contributed by atoms with van der Waals surface area (Å²) in [6, 6.07) is 3.54. The van der Waals surface area contributed by atoms with Gasteiger partial charge in [-0.15, -0.1) is 0 Å². The number of anilines is 1. The largest absolute Gasteiger partial charge is 0.318 e. The van der Waals surface area contributed by atoms with Gasteiger partial charge in [-0.1, -0.05) is 6.92 Å². The van der Waals surface area contributed by atoms with Gasteiger partial charge >= 0.3 is 0 Å². The molecule has 9 heteroatoms. The molecular formula is C12H18N4O4S. The highest BCUT2D eigenvalue weighted by atomic mass is 32.2. The molecule has 1 aliphatic rings. The first-order valence-electron chi connectivity index (χ1n) is 6.48. The molecule has 0 heterocycles. The monoisotopic (exact) mass is 314 g/mol. The third kappa shape index (κ3) is 3.14. The topological polar surface area (TPSA) is 119 Å². The van der Waals surface area contributed by atoms with Gasteiger partial charge in [0.25, 0.3) is 5.69 Å². The van der Waals surface area contributed by atoms with Gasteiger partial charge in [0.05, 0.1) is 9.82 Å². The van der Waals surface area contributed by atoms with Crippen molar-refractivity contribution in [3.05, 3.63) is 28.3 Å². The summed E-state index contributed by atoms with van der Waals surface area (Å²) >= 11 is 0. The van der Waals surface area contributed by atoms with Crippen LogP contribution in [0, 0.1) is 22.0 Å². The molecule has 0 spiro atoms. The van der Waals surface area contributed by atoms with Crippen LogP contribution in [0.25, 0.3) is 0 Å². The zero-order valence-electron chi connectivity index (χ0n) is 11.8. The number of nitrogens with one attached hydrogen (secondary N) is 1. The van der Waals surface area contributed by atoms with E-state index in [2.05, 4.69) is 12.3 Å². The van der Waals surface area contributed by atoms with E-state index < -0.39 is 14.9 Å². The number of rotatable bonds is 6. The van der Waals surface area contributed by atoms with Crippen molar-refractivity contribution in [3.8, 4) is 0 Å². The first-order chi connectivity index (χ1) is 9.77. The minimum Gasteiger partial charge on any atom is -0.318 e. The van der Waals surface area contributed by atoms with E-state index in [1.54, 1.807) is 0 Å². The van der Waals surface area contributed by atoms with Crippen molar-refractivity contribution in [2.24, 2.45) is 17.7 Å². The van der Waals surface area contributed by atoms with Crippen LogP contribution in [-0.4, -0.2) is 31.2 Å². The second-order valence-electron chi connectivity index (χ2n) is 5.34. The predicted molar refractivity (Wildman–Crippen MR) is 78.0 cm³/mol. The molecule has 0 saturated heterocycles. The number of nitrogen functional groups attached to an aromatic ring is 1. The highest BCUT2D eigenvalue weighted by Gasteiger charge is 2.36. The SMILES string of the molecule is CC1CC1CN(C)S(=O)(=O)c1ccc([N+](=O)[O-])c(NN)c1. The Labute approximate surface area is 123 Å². The summed E-state index contributed by atoms with van der Waals surface area (Å²) < 4.78 is 26.2. The van der Waals surface area contributed by atoms with Gasteiger partial charge in [0.2, 0.25) is 10.0 Å². The van der Waals surface area contributed by atoms with E-state index in [0.29, 0.717) is 18.4 Å². The van der Waals surface area contributed by atoms with Crippen LogP contribution in [0.5, 0.6) is 0 Å². The van der Waals surface area contributed by atoms with Crippen LogP contribution in [0.1, 0.15) is 13.3 Å². The first kappa shape index (κ1) is 15.7. The molecule has 1 fully saturated rings. The molecule has 8 nitrogen and oxygen atoms in total. The van der Waals surface area contributed by atoms with Gasteiger partial charge in [0, 0.05) is 19.7 Å². The Hall–Kier alpha value is -1.71. The van der Waals surface area contributed by atoms with Crippen molar-refractivity contribution in [3.63, 3.8) is 0 Å². The number of sulfonamides is 1. The van der Waals surface area contributed by atoms with E-state index in [0.717, 1.165) is 12.5 Å². The van der Waals surface area contributed by atoms with Gasteiger partial charge in [0.1, 0.15) is 5.69 Å². The van der Waals surface area contributed by atoms with Crippen LogP contribution in [0.15, 0.2) is 23.1 Å². The summed E-state index contributed by atoms with van der Waals surface area (Å²) in [6.07, 6.45) is 1.02. The van der Waals surface area contributed by atoms with Gasteiger partial charge in [-0.25, -0.2) is 12.7 Å². The lowest BCUT2D eigenvalue weighted by molar-refractivity contribution is -0.384. The lowest BCUT2D eigenvalue weighted by Crippen LogP contribution is -2.29. The van der Waals surface area contributed by atoms with Crippen molar-refractivity contribution >= 4 is 21.4 Å². The van der Waals surface area contributed by atoms with E-state index in [1.807, 2.05) is 0 Å². The second-order valence-corrected chi connectivity index (χ2v) is 7.38. The average Bonchev–Trinajstić information content (AvgIpc) is 3.12. The Morgan fingerprint density at radius 2 is 2.14 bits per heavy atom. The number of nitrogens with zero attached hydrogens (tertiary/aromatic N) is 2. The van der Waals surface area contributed by atoms with E-state index in [9.17, 15) is 18.5 Å². The van der Waals surface area contributed by atoms with Crippen LogP contribution in [-0.2, 0) is 10.0 Å². The fourth-order valence-electron chi connectivity index (χ4n) is 2.21. The van der Waals surface area contributed by atoms with Gasteiger partial charge in [-0.3, -0.25) is 16.0 Å². The minimum atomic E-state index is -3.68. The maximum Gasteiger partial charge on any atom is 0.293 e. The van der Waals surface area contributed by atoms with Crippen molar-refractivity contribution in [2.45, 2.75) is 18.2 Å². The molecular weight excluding hydrogens is 296 g/mol. The van der Waals surface area contributed by atoms with E-state index in [4.69, 9.17) is 5.84 Å². The van der Waals surface area contributed by atoms with E-state index >= 15 is 0 Å². The zero-order chi connectivity index (χ0) is 15.8. The summed E-state index contributed by atoms with van der Waals surface area (Å²) in [6.45, 7) is 2.53. The molecule has 1 aliphatic carbocycles. The quantitative estimate of drug-likeness (QED) is 0.462. The fraction of sp³-hybridized carbons (Fsp3) is 0.500. The molecule has 1 aromatic rings. The minimum absolute atomic E-state index is 0.0168. The molecule has 0 amide bonds. The van der Waals surface area contributed by atoms with Crippen molar-refractivity contribution in [1.82, 2.24) is 4.31 Å². The van der Waals surface area contributed by atoms with Gasteiger partial charge in [0.15, 0.2) is 0 Å². The highest BCUT2D eigenvalue weighted by molar-refractivity contribution is 7.89. The normalized spacial score (nSPS) is 21.3. The molecule has 0 bridgehead atoms. The summed E-state index contributed by atoms with van der Waals surface area (Å²) in [7, 11) is -2.17. The standard InChI is InChI=1S/C12H18N4O4S/c1-8-5-9(8)7-15(2)21(19,20)10-3-4-12(16(17)18)11(6-10)14-13/h3-4,6,8-9,14H,5,7,13H2,1-2H3. The maximum atomic E-state index is 12.4. The third-order valence-electron chi connectivity index (χ3n) is 3.80. The Balaban J connectivity index is 2.29.